The molecule has 0 aromatic heterocycles. The van der Waals surface area contributed by atoms with Crippen LogP contribution >= 0.6 is 12.4 Å². The summed E-state index contributed by atoms with van der Waals surface area (Å²) in [7, 11) is 0. The van der Waals surface area contributed by atoms with Crippen LogP contribution in [0.5, 0.6) is 5.75 Å². The molecule has 0 aliphatic heterocycles. The van der Waals surface area contributed by atoms with Crippen molar-refractivity contribution in [1.82, 2.24) is 5.32 Å². The van der Waals surface area contributed by atoms with Gasteiger partial charge in [0.05, 0.1) is 18.7 Å². The maximum Gasteiger partial charge on any atom is 0.237 e. The van der Waals surface area contributed by atoms with Crippen molar-refractivity contribution >= 4 is 18.3 Å². The number of hydrogen-bond donors (Lipinski definition) is 2. The van der Waals surface area contributed by atoms with E-state index in [1.165, 1.54) is 18.9 Å². The summed E-state index contributed by atoms with van der Waals surface area (Å²) >= 11 is 0. The summed E-state index contributed by atoms with van der Waals surface area (Å²) in [5.74, 6) is 0.196. The van der Waals surface area contributed by atoms with E-state index in [1.807, 2.05) is 0 Å². The second-order valence-electron chi connectivity index (χ2n) is 5.46. The third-order valence-electron chi connectivity index (χ3n) is 3.40. The molecule has 0 bridgehead atoms. The van der Waals surface area contributed by atoms with Gasteiger partial charge in [-0.15, -0.1) is 12.4 Å². The smallest absolute Gasteiger partial charge is 0.237 e. The first-order valence-corrected chi connectivity index (χ1v) is 6.95. The molecule has 1 saturated carbocycles. The van der Waals surface area contributed by atoms with Gasteiger partial charge in [-0.2, -0.15) is 0 Å². The third-order valence-corrected chi connectivity index (χ3v) is 3.40. The average molecular weight is 317 g/mol. The number of ether oxygens (including phenoxy) is 1. The van der Waals surface area contributed by atoms with Crippen molar-refractivity contribution in [2.45, 2.75) is 38.8 Å². The minimum atomic E-state index is -0.580. The first-order valence-electron chi connectivity index (χ1n) is 6.95. The molecule has 0 heterocycles. The molecule has 3 N–H and O–H groups in total. The van der Waals surface area contributed by atoms with Crippen molar-refractivity contribution in [3.05, 3.63) is 29.6 Å². The van der Waals surface area contributed by atoms with E-state index in [2.05, 4.69) is 5.32 Å². The molecule has 6 heteroatoms. The van der Waals surface area contributed by atoms with Gasteiger partial charge < -0.3 is 15.8 Å². The van der Waals surface area contributed by atoms with Gasteiger partial charge in [-0.1, -0.05) is 6.07 Å². The van der Waals surface area contributed by atoms with Crippen LogP contribution in [0, 0.1) is 11.7 Å². The molecule has 1 aliphatic rings. The number of nitrogens with two attached hydrogens (primary N) is 1. The van der Waals surface area contributed by atoms with Crippen molar-refractivity contribution in [1.29, 1.82) is 0 Å². The summed E-state index contributed by atoms with van der Waals surface area (Å²) in [6.07, 6.45) is 2.33. The van der Waals surface area contributed by atoms with E-state index < -0.39 is 11.9 Å². The Bertz CT molecular complexity index is 493. The Morgan fingerprint density at radius 2 is 2.14 bits per heavy atom. The highest BCUT2D eigenvalue weighted by molar-refractivity contribution is 5.85. The van der Waals surface area contributed by atoms with Gasteiger partial charge >= 0.3 is 0 Å². The number of carbonyl (C=O) groups is 1. The fraction of sp³-hybridized carbons (Fsp3) is 0.533. The number of benzene rings is 1. The van der Waals surface area contributed by atoms with Crippen LogP contribution in [0.15, 0.2) is 18.2 Å². The number of halogens is 2. The van der Waals surface area contributed by atoms with Gasteiger partial charge in [0.1, 0.15) is 0 Å². The maximum atomic E-state index is 13.9. The van der Waals surface area contributed by atoms with Gasteiger partial charge in [-0.05, 0) is 50.3 Å². The summed E-state index contributed by atoms with van der Waals surface area (Å²) in [4.78, 5) is 11.5. The van der Waals surface area contributed by atoms with Crippen LogP contribution in [-0.4, -0.2) is 18.6 Å². The molecule has 0 saturated heterocycles. The number of rotatable bonds is 6. The fourth-order valence-electron chi connectivity index (χ4n) is 1.82. The second-order valence-corrected chi connectivity index (χ2v) is 5.46. The zero-order valence-electron chi connectivity index (χ0n) is 12.3. The standard InChI is InChI=1S/C15H21FN2O2.ClH/c1-9(17)15(19)18-10(2)12-5-6-14(13(16)7-12)20-8-11-3-4-11;/h5-7,9-11H,3-4,8,17H2,1-2H3,(H,18,19);1H/t9-,10?;/m0./s1. The maximum absolute atomic E-state index is 13.9. The van der Waals surface area contributed by atoms with Crippen molar-refractivity contribution in [3.8, 4) is 5.75 Å². The lowest BCUT2D eigenvalue weighted by atomic mass is 10.1. The number of hydrogen-bond acceptors (Lipinski definition) is 3. The fourth-order valence-corrected chi connectivity index (χ4v) is 1.82. The molecule has 4 nitrogen and oxygen atoms in total. The highest BCUT2D eigenvalue weighted by atomic mass is 35.5. The summed E-state index contributed by atoms with van der Waals surface area (Å²) in [6.45, 7) is 3.98. The summed E-state index contributed by atoms with van der Waals surface area (Å²) in [5.41, 5.74) is 6.17. The Kier molecular flexibility index (Phi) is 6.42. The van der Waals surface area contributed by atoms with E-state index in [1.54, 1.807) is 26.0 Å². The van der Waals surface area contributed by atoms with Crippen LogP contribution < -0.4 is 15.8 Å². The zero-order valence-corrected chi connectivity index (χ0v) is 13.1. The van der Waals surface area contributed by atoms with Crippen molar-refractivity contribution in [2.24, 2.45) is 11.7 Å². The molecule has 1 aliphatic carbocycles. The van der Waals surface area contributed by atoms with Crippen LogP contribution in [0.3, 0.4) is 0 Å². The molecule has 2 atom stereocenters. The Hall–Kier alpha value is -1.33. The topological polar surface area (TPSA) is 64.4 Å². The van der Waals surface area contributed by atoms with E-state index >= 15 is 0 Å². The van der Waals surface area contributed by atoms with Crippen LogP contribution in [0.4, 0.5) is 4.39 Å². The molecule has 1 aromatic rings. The summed E-state index contributed by atoms with van der Waals surface area (Å²) in [5, 5.41) is 2.73. The second kappa shape index (κ2) is 7.61. The van der Waals surface area contributed by atoms with E-state index in [-0.39, 0.29) is 30.1 Å². The summed E-state index contributed by atoms with van der Waals surface area (Å²) < 4.78 is 19.3. The quantitative estimate of drug-likeness (QED) is 0.847. The molecule has 0 spiro atoms. The molecular formula is C15H22ClFN2O2. The Labute approximate surface area is 130 Å². The lowest BCUT2D eigenvalue weighted by Gasteiger charge is -2.17. The van der Waals surface area contributed by atoms with E-state index in [4.69, 9.17) is 10.5 Å². The van der Waals surface area contributed by atoms with E-state index in [9.17, 15) is 9.18 Å². The Balaban J connectivity index is 0.00000220. The molecule has 1 aromatic carbocycles. The molecule has 118 valence electrons. The number of nitrogens with one attached hydrogen (secondary N) is 1. The highest BCUT2D eigenvalue weighted by Crippen LogP contribution is 2.30. The largest absolute Gasteiger partial charge is 0.490 e. The lowest BCUT2D eigenvalue weighted by Crippen LogP contribution is -2.39. The van der Waals surface area contributed by atoms with Gasteiger partial charge in [-0.25, -0.2) is 4.39 Å². The molecule has 1 unspecified atom stereocenters. The molecule has 1 amide bonds. The molecular weight excluding hydrogens is 295 g/mol. The normalized spacial score (nSPS) is 16.6. The predicted octanol–water partition coefficient (Wildman–Crippen LogP) is 2.56. The van der Waals surface area contributed by atoms with Gasteiger partial charge in [0, 0.05) is 0 Å². The zero-order chi connectivity index (χ0) is 14.7. The minimum absolute atomic E-state index is 0. The first kappa shape index (κ1) is 17.7. The average Bonchev–Trinajstić information content (AvgIpc) is 3.21. The molecule has 2 rings (SSSR count). The highest BCUT2D eigenvalue weighted by Gasteiger charge is 2.22. The Morgan fingerprint density at radius 1 is 1.48 bits per heavy atom. The van der Waals surface area contributed by atoms with Crippen LogP contribution in [0.1, 0.15) is 38.3 Å². The SMILES string of the molecule is CC(NC(=O)[C@H](C)N)c1ccc(OCC2CC2)c(F)c1.Cl. The first-order chi connectivity index (χ1) is 9.47. The lowest BCUT2D eigenvalue weighted by molar-refractivity contribution is -0.122. The minimum Gasteiger partial charge on any atom is -0.490 e. The number of amides is 1. The van der Waals surface area contributed by atoms with E-state index in [0.29, 0.717) is 18.1 Å². The van der Waals surface area contributed by atoms with Crippen LogP contribution in [0.2, 0.25) is 0 Å². The molecule has 0 radical (unpaired) electrons. The van der Waals surface area contributed by atoms with Gasteiger partial charge in [0.2, 0.25) is 5.91 Å². The van der Waals surface area contributed by atoms with E-state index in [0.717, 1.165) is 0 Å². The van der Waals surface area contributed by atoms with Gasteiger partial charge in [-0.3, -0.25) is 4.79 Å². The van der Waals surface area contributed by atoms with Crippen molar-refractivity contribution in [2.75, 3.05) is 6.61 Å². The number of carbonyl (C=O) groups excluding carboxylic acids is 1. The monoisotopic (exact) mass is 316 g/mol. The van der Waals surface area contributed by atoms with Gasteiger partial charge in [0.25, 0.3) is 0 Å². The molecule has 21 heavy (non-hydrogen) atoms. The predicted molar refractivity (Wildman–Crippen MR) is 82.1 cm³/mol. The van der Waals surface area contributed by atoms with Crippen LogP contribution in [-0.2, 0) is 4.79 Å². The van der Waals surface area contributed by atoms with Crippen LogP contribution in [0.25, 0.3) is 0 Å². The molecule has 1 fully saturated rings. The Morgan fingerprint density at radius 3 is 2.67 bits per heavy atom. The van der Waals surface area contributed by atoms with Gasteiger partial charge in [0.15, 0.2) is 11.6 Å². The van der Waals surface area contributed by atoms with Crippen molar-refractivity contribution in [3.63, 3.8) is 0 Å². The summed E-state index contributed by atoms with van der Waals surface area (Å²) in [6, 6.07) is 3.90. The van der Waals surface area contributed by atoms with Crippen molar-refractivity contribution < 1.29 is 13.9 Å². The third kappa shape index (κ3) is 5.17.